The number of ether oxygens (including phenoxy) is 1. The average molecular weight is 279 g/mol. The monoisotopic (exact) mass is 279 g/mol. The lowest BCUT2D eigenvalue weighted by Crippen LogP contribution is -2.32. The van der Waals surface area contributed by atoms with E-state index in [0.717, 1.165) is 30.1 Å². The van der Waals surface area contributed by atoms with Crippen LogP contribution in [0.15, 0.2) is 0 Å². The van der Waals surface area contributed by atoms with Gasteiger partial charge in [0.25, 0.3) is 0 Å². The molecular formula is C16H29N3O. The highest BCUT2D eigenvalue weighted by molar-refractivity contribution is 5.29. The van der Waals surface area contributed by atoms with Crippen molar-refractivity contribution in [3.8, 4) is 0 Å². The number of hydrogen-bond acceptors (Lipinski definition) is 4. The highest BCUT2D eigenvalue weighted by Crippen LogP contribution is 2.32. The highest BCUT2D eigenvalue weighted by Gasteiger charge is 2.33. The van der Waals surface area contributed by atoms with Crippen molar-refractivity contribution in [2.24, 2.45) is 5.73 Å². The van der Waals surface area contributed by atoms with Crippen LogP contribution in [0.4, 0.5) is 0 Å². The Morgan fingerprint density at radius 3 is 1.95 bits per heavy atom. The van der Waals surface area contributed by atoms with Gasteiger partial charge in [-0.2, -0.15) is 0 Å². The molecule has 0 aromatic carbocycles. The zero-order valence-corrected chi connectivity index (χ0v) is 13.8. The molecule has 0 aliphatic rings. The molecule has 0 amide bonds. The summed E-state index contributed by atoms with van der Waals surface area (Å²) in [5, 5.41) is 0. The fourth-order valence-electron chi connectivity index (χ4n) is 2.87. The van der Waals surface area contributed by atoms with Gasteiger partial charge >= 0.3 is 0 Å². The van der Waals surface area contributed by atoms with Crippen molar-refractivity contribution in [3.63, 3.8) is 0 Å². The first-order valence-electron chi connectivity index (χ1n) is 7.65. The van der Waals surface area contributed by atoms with Crippen molar-refractivity contribution in [1.82, 2.24) is 9.97 Å². The highest BCUT2D eigenvalue weighted by atomic mass is 16.5. The molecule has 0 spiro atoms. The minimum Gasteiger partial charge on any atom is -0.367 e. The van der Waals surface area contributed by atoms with Gasteiger partial charge in [-0.3, -0.25) is 0 Å². The number of rotatable bonds is 7. The molecule has 1 aromatic rings. The minimum atomic E-state index is -0.366. The Bertz CT molecular complexity index is 418. The summed E-state index contributed by atoms with van der Waals surface area (Å²) in [5.41, 5.74) is 8.64. The Hall–Kier alpha value is -1.00. The van der Waals surface area contributed by atoms with E-state index in [-0.39, 0.29) is 11.5 Å². The number of nitrogens with two attached hydrogens (primary N) is 1. The molecule has 20 heavy (non-hydrogen) atoms. The van der Waals surface area contributed by atoms with Crippen molar-refractivity contribution in [2.75, 3.05) is 13.2 Å². The van der Waals surface area contributed by atoms with E-state index in [1.54, 1.807) is 0 Å². The maximum Gasteiger partial charge on any atom is 0.160 e. The van der Waals surface area contributed by atoms with E-state index in [4.69, 9.17) is 20.4 Å². The van der Waals surface area contributed by atoms with Gasteiger partial charge in [-0.1, -0.05) is 20.8 Å². The Morgan fingerprint density at radius 1 is 1.10 bits per heavy atom. The van der Waals surface area contributed by atoms with Crippen LogP contribution in [0.1, 0.15) is 69.2 Å². The fourth-order valence-corrected chi connectivity index (χ4v) is 2.87. The van der Waals surface area contributed by atoms with E-state index in [2.05, 4.69) is 20.8 Å². The second-order valence-corrected chi connectivity index (χ2v) is 5.40. The van der Waals surface area contributed by atoms with Gasteiger partial charge in [0.05, 0.1) is 0 Å². The predicted molar refractivity (Wildman–Crippen MR) is 82.9 cm³/mol. The molecule has 4 nitrogen and oxygen atoms in total. The van der Waals surface area contributed by atoms with Crippen LogP contribution >= 0.6 is 0 Å². The van der Waals surface area contributed by atoms with Crippen LogP contribution in [-0.2, 0) is 10.3 Å². The van der Waals surface area contributed by atoms with Gasteiger partial charge in [-0.05, 0) is 51.6 Å². The summed E-state index contributed by atoms with van der Waals surface area (Å²) in [5.74, 6) is 1.10. The second kappa shape index (κ2) is 7.14. The molecule has 114 valence electrons. The quantitative estimate of drug-likeness (QED) is 0.832. The summed E-state index contributed by atoms with van der Waals surface area (Å²) in [7, 11) is 0. The Kier molecular flexibility index (Phi) is 6.08. The van der Waals surface area contributed by atoms with Crippen LogP contribution in [0.5, 0.6) is 0 Å². The molecule has 0 radical (unpaired) electrons. The molecule has 0 saturated heterocycles. The maximum atomic E-state index is 6.00. The summed E-state index contributed by atoms with van der Waals surface area (Å²) in [6.07, 6.45) is 1.75. The topological polar surface area (TPSA) is 61.0 Å². The third-order valence-electron chi connectivity index (χ3n) is 4.14. The maximum absolute atomic E-state index is 6.00. The third kappa shape index (κ3) is 3.18. The molecule has 0 aliphatic carbocycles. The summed E-state index contributed by atoms with van der Waals surface area (Å²) in [4.78, 5) is 9.49. The van der Waals surface area contributed by atoms with Crippen molar-refractivity contribution in [2.45, 2.75) is 65.9 Å². The molecule has 0 bridgehead atoms. The van der Waals surface area contributed by atoms with E-state index in [0.29, 0.717) is 13.2 Å². The van der Waals surface area contributed by atoms with E-state index in [9.17, 15) is 0 Å². The first-order valence-corrected chi connectivity index (χ1v) is 7.65. The van der Waals surface area contributed by atoms with Crippen LogP contribution in [0.25, 0.3) is 0 Å². The SMILES string of the molecule is CCOC(CC)(CC)c1nc(C)c(C(C)CN)c(C)n1. The molecule has 1 heterocycles. The molecule has 0 saturated carbocycles. The van der Waals surface area contributed by atoms with Gasteiger partial charge in [-0.15, -0.1) is 0 Å². The van der Waals surface area contributed by atoms with E-state index < -0.39 is 0 Å². The van der Waals surface area contributed by atoms with Gasteiger partial charge in [0.1, 0.15) is 5.60 Å². The Balaban J connectivity index is 3.34. The van der Waals surface area contributed by atoms with Crippen molar-refractivity contribution >= 4 is 0 Å². The molecule has 1 atom stereocenters. The number of nitrogens with zero attached hydrogens (tertiary/aromatic N) is 2. The van der Waals surface area contributed by atoms with Crippen LogP contribution in [0.3, 0.4) is 0 Å². The van der Waals surface area contributed by atoms with Crippen LogP contribution in [0.2, 0.25) is 0 Å². The van der Waals surface area contributed by atoms with Crippen LogP contribution < -0.4 is 5.73 Å². The first-order chi connectivity index (χ1) is 9.45. The standard InChI is InChI=1S/C16H29N3O/c1-7-16(8-2,20-9-3)15-18-12(5)14(11(4)10-17)13(6)19-15/h11H,7-10,17H2,1-6H3. The molecule has 1 aromatic heterocycles. The molecular weight excluding hydrogens is 250 g/mol. The van der Waals surface area contributed by atoms with Crippen molar-refractivity contribution in [3.05, 3.63) is 22.8 Å². The normalized spacial score (nSPS) is 13.6. The lowest BCUT2D eigenvalue weighted by atomic mass is 9.93. The zero-order valence-electron chi connectivity index (χ0n) is 13.8. The van der Waals surface area contributed by atoms with Gasteiger partial charge in [0.2, 0.25) is 0 Å². The molecule has 0 aliphatic heterocycles. The molecule has 2 N–H and O–H groups in total. The van der Waals surface area contributed by atoms with Crippen LogP contribution in [-0.4, -0.2) is 23.1 Å². The van der Waals surface area contributed by atoms with E-state index >= 15 is 0 Å². The number of aromatic nitrogens is 2. The summed E-state index contributed by atoms with van der Waals surface area (Å²) in [6.45, 7) is 13.8. The molecule has 1 rings (SSSR count). The smallest absolute Gasteiger partial charge is 0.160 e. The van der Waals surface area contributed by atoms with Crippen molar-refractivity contribution in [1.29, 1.82) is 0 Å². The molecule has 0 fully saturated rings. The summed E-state index contributed by atoms with van der Waals surface area (Å²) >= 11 is 0. The predicted octanol–water partition coefficient (Wildman–Crippen LogP) is 3.21. The fraction of sp³-hybridized carbons (Fsp3) is 0.750. The zero-order chi connectivity index (χ0) is 15.3. The molecule has 1 unspecified atom stereocenters. The summed E-state index contributed by atoms with van der Waals surface area (Å²) in [6, 6.07) is 0. The van der Waals surface area contributed by atoms with Crippen LogP contribution in [0, 0.1) is 13.8 Å². The van der Waals surface area contributed by atoms with Crippen molar-refractivity contribution < 1.29 is 4.74 Å². The van der Waals surface area contributed by atoms with E-state index in [1.165, 1.54) is 5.56 Å². The van der Waals surface area contributed by atoms with E-state index in [1.807, 2.05) is 20.8 Å². The number of aryl methyl sites for hydroxylation is 2. The first kappa shape index (κ1) is 17.1. The lowest BCUT2D eigenvalue weighted by molar-refractivity contribution is -0.0574. The third-order valence-corrected chi connectivity index (χ3v) is 4.14. The average Bonchev–Trinajstić information content (AvgIpc) is 2.43. The lowest BCUT2D eigenvalue weighted by Gasteiger charge is -2.31. The minimum absolute atomic E-state index is 0.286. The Morgan fingerprint density at radius 2 is 1.60 bits per heavy atom. The van der Waals surface area contributed by atoms with Gasteiger partial charge in [0, 0.05) is 18.0 Å². The molecule has 4 heteroatoms. The largest absolute Gasteiger partial charge is 0.367 e. The number of hydrogen-bond donors (Lipinski definition) is 1. The van der Waals surface area contributed by atoms with Gasteiger partial charge in [-0.25, -0.2) is 9.97 Å². The summed E-state index contributed by atoms with van der Waals surface area (Å²) < 4.78 is 6.00. The van der Waals surface area contributed by atoms with Gasteiger partial charge in [0.15, 0.2) is 5.82 Å². The second-order valence-electron chi connectivity index (χ2n) is 5.40. The van der Waals surface area contributed by atoms with Gasteiger partial charge < -0.3 is 10.5 Å². The Labute approximate surface area is 123 Å².